The van der Waals surface area contributed by atoms with E-state index < -0.39 is 6.09 Å². The molecule has 0 aromatic carbocycles. The van der Waals surface area contributed by atoms with Crippen LogP contribution in [0, 0.1) is 0 Å². The van der Waals surface area contributed by atoms with Gasteiger partial charge in [-0.15, -0.1) is 0 Å². The van der Waals surface area contributed by atoms with E-state index in [-0.39, 0.29) is 11.0 Å². The van der Waals surface area contributed by atoms with Crippen LogP contribution in [0.5, 0.6) is 5.75 Å². The number of pyridine rings is 1. The Labute approximate surface area is 161 Å². The molecule has 0 aliphatic carbocycles. The highest BCUT2D eigenvalue weighted by Gasteiger charge is 2.35. The lowest BCUT2D eigenvalue weighted by Crippen LogP contribution is -2.57. The zero-order valence-electron chi connectivity index (χ0n) is 14.9. The van der Waals surface area contributed by atoms with Gasteiger partial charge >= 0.3 is 6.09 Å². The summed E-state index contributed by atoms with van der Waals surface area (Å²) in [5.74, 6) is 1.47. The lowest BCUT2D eigenvalue weighted by Gasteiger charge is -2.43. The molecule has 2 unspecified atom stereocenters. The van der Waals surface area contributed by atoms with Crippen LogP contribution in [0.2, 0.25) is 0 Å². The lowest BCUT2D eigenvalue weighted by atomic mass is 10.2. The fourth-order valence-electron chi connectivity index (χ4n) is 3.32. The Hall–Kier alpha value is -1.58. The summed E-state index contributed by atoms with van der Waals surface area (Å²) in [5.41, 5.74) is 0. The number of halogens is 1. The normalized spacial score (nSPS) is 24.5. The third-order valence-electron chi connectivity index (χ3n) is 4.67. The Morgan fingerprint density at radius 1 is 1.42 bits per heavy atom. The summed E-state index contributed by atoms with van der Waals surface area (Å²) in [6.07, 6.45) is 0.837. The number of aromatic nitrogens is 1. The summed E-state index contributed by atoms with van der Waals surface area (Å²) in [6.45, 7) is 7.64. The number of piperazine rings is 1. The minimum absolute atomic E-state index is 0.0132. The van der Waals surface area contributed by atoms with Gasteiger partial charge in [-0.25, -0.2) is 9.78 Å². The third kappa shape index (κ3) is 4.57. The second-order valence-electron chi connectivity index (χ2n) is 6.51. The van der Waals surface area contributed by atoms with Crippen LogP contribution >= 0.6 is 15.9 Å². The van der Waals surface area contributed by atoms with Gasteiger partial charge in [0.15, 0.2) is 11.6 Å². The molecule has 1 amide bonds. The van der Waals surface area contributed by atoms with E-state index in [9.17, 15) is 9.90 Å². The fraction of sp³-hybridized carbons (Fsp3) is 0.647. The maximum atomic E-state index is 11.3. The Morgan fingerprint density at radius 3 is 2.88 bits per heavy atom. The Balaban J connectivity index is 1.65. The molecular weight excluding hydrogens is 404 g/mol. The third-order valence-corrected chi connectivity index (χ3v) is 5.40. The minimum atomic E-state index is -0.899. The topological polar surface area (TPSA) is 78.4 Å². The molecule has 2 atom stereocenters. The molecule has 9 heteroatoms. The van der Waals surface area contributed by atoms with Crippen molar-refractivity contribution in [2.45, 2.75) is 17.9 Å². The first-order valence-electron chi connectivity index (χ1n) is 8.84. The highest BCUT2D eigenvalue weighted by molar-refractivity contribution is 9.09. The van der Waals surface area contributed by atoms with E-state index in [1.165, 1.54) is 4.90 Å². The molecule has 0 bridgehead atoms. The summed E-state index contributed by atoms with van der Waals surface area (Å²) in [6, 6.07) is 3.76. The van der Waals surface area contributed by atoms with E-state index in [0.717, 1.165) is 44.4 Å². The van der Waals surface area contributed by atoms with Gasteiger partial charge in [0.05, 0.1) is 19.8 Å². The summed E-state index contributed by atoms with van der Waals surface area (Å²) in [5, 5.41) is 9.26. The predicted molar refractivity (Wildman–Crippen MR) is 101 cm³/mol. The smallest absolute Gasteiger partial charge is 0.407 e. The van der Waals surface area contributed by atoms with Crippen molar-refractivity contribution in [3.8, 4) is 5.75 Å². The Bertz CT molecular complexity index is 602. The van der Waals surface area contributed by atoms with Crippen molar-refractivity contribution < 1.29 is 19.4 Å². The van der Waals surface area contributed by atoms with Crippen LogP contribution in [0.1, 0.15) is 6.92 Å². The predicted octanol–water partition coefficient (Wildman–Crippen LogP) is 1.70. The van der Waals surface area contributed by atoms with E-state index in [4.69, 9.17) is 9.47 Å². The van der Waals surface area contributed by atoms with Crippen LogP contribution in [0.25, 0.3) is 0 Å². The second-order valence-corrected chi connectivity index (χ2v) is 7.56. The van der Waals surface area contributed by atoms with Gasteiger partial charge in [0, 0.05) is 38.4 Å². The number of hydrogen-bond donors (Lipinski definition) is 1. The van der Waals surface area contributed by atoms with Crippen molar-refractivity contribution in [3.63, 3.8) is 0 Å². The number of rotatable bonds is 5. The zero-order valence-corrected chi connectivity index (χ0v) is 16.5. The van der Waals surface area contributed by atoms with Gasteiger partial charge in [0.25, 0.3) is 0 Å². The molecule has 26 heavy (non-hydrogen) atoms. The highest BCUT2D eigenvalue weighted by atomic mass is 79.9. The van der Waals surface area contributed by atoms with Crippen LogP contribution in [-0.2, 0) is 4.74 Å². The SMILES string of the molecule is CC1CN(C(=O)O)CC(Br)N1c1ncccc1OCCN1CCOCC1. The van der Waals surface area contributed by atoms with E-state index in [1.54, 1.807) is 6.20 Å². The van der Waals surface area contributed by atoms with E-state index in [0.29, 0.717) is 19.7 Å². The van der Waals surface area contributed by atoms with Crippen molar-refractivity contribution in [3.05, 3.63) is 18.3 Å². The highest BCUT2D eigenvalue weighted by Crippen LogP contribution is 2.33. The molecule has 2 aliphatic rings. The number of amides is 1. The van der Waals surface area contributed by atoms with Gasteiger partial charge in [0.1, 0.15) is 11.6 Å². The van der Waals surface area contributed by atoms with E-state index in [2.05, 4.69) is 30.7 Å². The summed E-state index contributed by atoms with van der Waals surface area (Å²) in [7, 11) is 0. The molecular formula is C17H25BrN4O4. The van der Waals surface area contributed by atoms with Crippen LogP contribution < -0.4 is 9.64 Å². The van der Waals surface area contributed by atoms with E-state index in [1.807, 2.05) is 19.1 Å². The van der Waals surface area contributed by atoms with E-state index >= 15 is 0 Å². The molecule has 0 spiro atoms. The van der Waals surface area contributed by atoms with Crippen LogP contribution in [0.3, 0.4) is 0 Å². The maximum Gasteiger partial charge on any atom is 0.407 e. The molecule has 1 aromatic heterocycles. The molecule has 0 radical (unpaired) electrons. The molecule has 1 N–H and O–H groups in total. The Kier molecular flexibility index (Phi) is 6.55. The minimum Gasteiger partial charge on any atom is -0.488 e. The molecule has 3 rings (SSSR count). The number of carboxylic acid groups (broad SMARTS) is 1. The molecule has 8 nitrogen and oxygen atoms in total. The molecule has 0 saturated carbocycles. The second kappa shape index (κ2) is 8.88. The largest absolute Gasteiger partial charge is 0.488 e. The number of anilines is 1. The average molecular weight is 429 g/mol. The van der Waals surface area contributed by atoms with Crippen LogP contribution in [-0.4, -0.2) is 89.5 Å². The van der Waals surface area contributed by atoms with Gasteiger partial charge in [-0.1, -0.05) is 15.9 Å². The zero-order chi connectivity index (χ0) is 18.5. The van der Waals surface area contributed by atoms with Crippen LogP contribution in [0.4, 0.5) is 10.6 Å². The van der Waals surface area contributed by atoms with Gasteiger partial charge in [-0.2, -0.15) is 0 Å². The molecule has 2 saturated heterocycles. The molecule has 144 valence electrons. The van der Waals surface area contributed by atoms with Crippen molar-refractivity contribution >= 4 is 27.8 Å². The maximum absolute atomic E-state index is 11.3. The number of morpholine rings is 1. The van der Waals surface area contributed by atoms with Gasteiger partial charge in [-0.05, 0) is 19.1 Å². The molecule has 2 aliphatic heterocycles. The first-order chi connectivity index (χ1) is 12.6. The number of hydrogen-bond acceptors (Lipinski definition) is 6. The fourth-order valence-corrected chi connectivity index (χ4v) is 4.27. The molecule has 1 aromatic rings. The summed E-state index contributed by atoms with van der Waals surface area (Å²) in [4.78, 5) is 21.5. The number of ether oxygens (including phenoxy) is 2. The van der Waals surface area contributed by atoms with Crippen molar-refractivity contribution in [1.29, 1.82) is 0 Å². The first-order valence-corrected chi connectivity index (χ1v) is 9.76. The monoisotopic (exact) mass is 428 g/mol. The van der Waals surface area contributed by atoms with Gasteiger partial charge in [0.2, 0.25) is 0 Å². The van der Waals surface area contributed by atoms with Crippen LogP contribution in [0.15, 0.2) is 18.3 Å². The van der Waals surface area contributed by atoms with Gasteiger partial charge in [-0.3, -0.25) is 4.90 Å². The first kappa shape index (κ1) is 19.2. The molecule has 3 heterocycles. The number of alkyl halides is 1. The number of nitrogens with zero attached hydrogens (tertiary/aromatic N) is 4. The summed E-state index contributed by atoms with van der Waals surface area (Å²) < 4.78 is 11.4. The standard InChI is InChI=1S/C17H25BrN4O4/c1-13-11-21(17(23)24)12-15(18)22(13)16-14(3-2-4-19-16)26-10-7-20-5-8-25-9-6-20/h2-4,13,15H,5-12H2,1H3,(H,23,24). The quantitative estimate of drug-likeness (QED) is 0.564. The van der Waals surface area contributed by atoms with Crippen molar-refractivity contribution in [2.24, 2.45) is 0 Å². The average Bonchev–Trinajstić information content (AvgIpc) is 2.63. The Morgan fingerprint density at radius 2 is 2.19 bits per heavy atom. The van der Waals surface area contributed by atoms with Crippen molar-refractivity contribution in [2.75, 3.05) is 57.4 Å². The number of carbonyl (C=O) groups is 1. The summed E-state index contributed by atoms with van der Waals surface area (Å²) >= 11 is 3.61. The van der Waals surface area contributed by atoms with Crippen molar-refractivity contribution in [1.82, 2.24) is 14.8 Å². The molecule has 2 fully saturated rings. The van der Waals surface area contributed by atoms with Gasteiger partial charge < -0.3 is 24.4 Å². The lowest BCUT2D eigenvalue weighted by molar-refractivity contribution is 0.0322.